The molecule has 0 saturated carbocycles. The van der Waals surface area contributed by atoms with Gasteiger partial charge in [-0.3, -0.25) is 9.00 Å². The highest BCUT2D eigenvalue weighted by Crippen LogP contribution is 2.25. The molecule has 0 bridgehead atoms. The molecule has 0 aliphatic carbocycles. The molecule has 1 heterocycles. The Balaban J connectivity index is 1.62. The number of likely N-dealkylation sites (tertiary alicyclic amines) is 1. The van der Waals surface area contributed by atoms with Gasteiger partial charge < -0.3 is 18.5 Å². The van der Waals surface area contributed by atoms with E-state index in [1.807, 2.05) is 12.1 Å². The average Bonchev–Trinajstić information content (AvgIpc) is 3.17. The summed E-state index contributed by atoms with van der Waals surface area (Å²) in [5.74, 6) is -0.443. The van der Waals surface area contributed by atoms with Crippen LogP contribution in [0.2, 0.25) is 0 Å². The fourth-order valence-electron chi connectivity index (χ4n) is 3.87. The van der Waals surface area contributed by atoms with Crippen molar-refractivity contribution in [3.63, 3.8) is 0 Å². The summed E-state index contributed by atoms with van der Waals surface area (Å²) in [6, 6.07) is 16.5. The Morgan fingerprint density at radius 2 is 1.80 bits per heavy atom. The summed E-state index contributed by atoms with van der Waals surface area (Å²) in [6.07, 6.45) is 3.66. The highest BCUT2D eigenvalue weighted by Gasteiger charge is 2.19. The van der Waals surface area contributed by atoms with E-state index in [9.17, 15) is 13.6 Å². The lowest BCUT2D eigenvalue weighted by atomic mass is 10.0. The lowest BCUT2D eigenvalue weighted by Crippen LogP contribution is -2.28. The number of hydrogen-bond acceptors (Lipinski definition) is 5. The fourth-order valence-corrected chi connectivity index (χ4v) is 4.40. The standard InChI is InChI=1S/C23H30N2O4S/c1-18-4-3-15-24(18)16-13-19-5-7-20(8-6-19)21-9-11-22(12-10-21)25(30(27)28)17-14-23(26)29-2/h5-12,18H,3-4,13-17H2,1-2H3,(H,27,28)/p-1. The van der Waals surface area contributed by atoms with Crippen LogP contribution in [-0.2, 0) is 27.2 Å². The quantitative estimate of drug-likeness (QED) is 0.450. The minimum Gasteiger partial charge on any atom is -0.755 e. The van der Waals surface area contributed by atoms with Gasteiger partial charge in [0.25, 0.3) is 0 Å². The molecular weight excluding hydrogens is 400 g/mol. The molecule has 6 nitrogen and oxygen atoms in total. The van der Waals surface area contributed by atoms with E-state index in [0.717, 1.165) is 28.4 Å². The third-order valence-electron chi connectivity index (χ3n) is 5.75. The lowest BCUT2D eigenvalue weighted by molar-refractivity contribution is -0.140. The molecule has 2 atom stereocenters. The topological polar surface area (TPSA) is 72.9 Å². The summed E-state index contributed by atoms with van der Waals surface area (Å²) in [7, 11) is 1.29. The van der Waals surface area contributed by atoms with Crippen LogP contribution in [0.3, 0.4) is 0 Å². The molecule has 2 unspecified atom stereocenters. The Morgan fingerprint density at radius 1 is 1.17 bits per heavy atom. The molecule has 1 fully saturated rings. The number of methoxy groups -OCH3 is 1. The Bertz CT molecular complexity index is 855. The molecule has 0 spiro atoms. The fraction of sp³-hybridized carbons (Fsp3) is 0.435. The molecule has 7 heteroatoms. The zero-order valence-corrected chi connectivity index (χ0v) is 18.4. The minimum absolute atomic E-state index is 0.00387. The van der Waals surface area contributed by atoms with Crippen molar-refractivity contribution in [2.45, 2.75) is 38.6 Å². The minimum atomic E-state index is -2.46. The van der Waals surface area contributed by atoms with Gasteiger partial charge in [0.15, 0.2) is 0 Å². The molecule has 1 aliphatic rings. The number of carbonyl (C=O) groups excluding carboxylic acids is 1. The van der Waals surface area contributed by atoms with Crippen molar-refractivity contribution in [3.8, 4) is 11.1 Å². The first-order valence-electron chi connectivity index (χ1n) is 10.3. The van der Waals surface area contributed by atoms with E-state index in [-0.39, 0.29) is 13.0 Å². The van der Waals surface area contributed by atoms with Gasteiger partial charge in [-0.05, 0) is 61.6 Å². The first-order chi connectivity index (χ1) is 14.5. The number of benzene rings is 2. The van der Waals surface area contributed by atoms with Gasteiger partial charge in [-0.1, -0.05) is 36.4 Å². The lowest BCUT2D eigenvalue weighted by Gasteiger charge is -2.26. The third kappa shape index (κ3) is 5.90. The van der Waals surface area contributed by atoms with Crippen molar-refractivity contribution in [2.75, 3.05) is 31.0 Å². The van der Waals surface area contributed by atoms with Crippen molar-refractivity contribution in [3.05, 3.63) is 54.1 Å². The summed E-state index contributed by atoms with van der Waals surface area (Å²) in [6.45, 7) is 4.66. The molecular formula is C23H29N2O4S-. The van der Waals surface area contributed by atoms with Crippen molar-refractivity contribution < 1.29 is 18.3 Å². The second-order valence-electron chi connectivity index (χ2n) is 7.67. The van der Waals surface area contributed by atoms with Crippen LogP contribution in [0.4, 0.5) is 5.69 Å². The van der Waals surface area contributed by atoms with E-state index in [0.29, 0.717) is 11.7 Å². The van der Waals surface area contributed by atoms with Crippen LogP contribution < -0.4 is 4.31 Å². The Kier molecular flexibility index (Phi) is 8.01. The molecule has 3 rings (SSSR count). The number of carbonyl (C=O) groups is 1. The van der Waals surface area contributed by atoms with Crippen LogP contribution in [0.25, 0.3) is 11.1 Å². The smallest absolute Gasteiger partial charge is 0.307 e. The molecule has 0 radical (unpaired) electrons. The van der Waals surface area contributed by atoms with E-state index in [4.69, 9.17) is 0 Å². The van der Waals surface area contributed by atoms with Crippen molar-refractivity contribution in [1.29, 1.82) is 0 Å². The van der Waals surface area contributed by atoms with Crippen molar-refractivity contribution >= 4 is 22.9 Å². The predicted octanol–water partition coefficient (Wildman–Crippen LogP) is 3.54. The molecule has 1 aliphatic heterocycles. The first kappa shape index (κ1) is 22.5. The highest BCUT2D eigenvalue weighted by molar-refractivity contribution is 7.80. The van der Waals surface area contributed by atoms with Gasteiger partial charge in [0, 0.05) is 36.1 Å². The normalized spacial score (nSPS) is 17.6. The Labute approximate surface area is 181 Å². The zero-order chi connectivity index (χ0) is 21.5. The SMILES string of the molecule is COC(=O)CCN(c1ccc(-c2ccc(CCN3CCCC3C)cc2)cc1)S(=O)[O-]. The number of rotatable bonds is 9. The number of nitrogens with zero attached hydrogens (tertiary/aromatic N) is 2. The van der Waals surface area contributed by atoms with Crippen molar-refractivity contribution in [1.82, 2.24) is 4.90 Å². The molecule has 0 N–H and O–H groups in total. The number of esters is 1. The molecule has 2 aromatic carbocycles. The first-order valence-corrected chi connectivity index (χ1v) is 11.4. The van der Waals surface area contributed by atoms with Gasteiger partial charge >= 0.3 is 5.97 Å². The number of hydrogen-bond donors (Lipinski definition) is 0. The van der Waals surface area contributed by atoms with Gasteiger partial charge in [0.1, 0.15) is 0 Å². The van der Waals surface area contributed by atoms with Crippen LogP contribution in [0.1, 0.15) is 31.7 Å². The van der Waals surface area contributed by atoms with E-state index >= 15 is 0 Å². The van der Waals surface area contributed by atoms with Gasteiger partial charge in [-0.25, -0.2) is 0 Å². The van der Waals surface area contributed by atoms with E-state index in [1.165, 1.54) is 32.1 Å². The summed E-state index contributed by atoms with van der Waals surface area (Å²) in [5, 5.41) is 0. The van der Waals surface area contributed by atoms with Gasteiger partial charge in [-0.2, -0.15) is 0 Å². The molecule has 1 saturated heterocycles. The maximum atomic E-state index is 11.5. The monoisotopic (exact) mass is 429 g/mol. The van der Waals surface area contributed by atoms with Gasteiger partial charge in [0.2, 0.25) is 0 Å². The van der Waals surface area contributed by atoms with Crippen LogP contribution in [0.5, 0.6) is 0 Å². The molecule has 2 aromatic rings. The second kappa shape index (κ2) is 10.7. The largest absolute Gasteiger partial charge is 0.755 e. The summed E-state index contributed by atoms with van der Waals surface area (Å²) < 4.78 is 28.8. The maximum absolute atomic E-state index is 11.5. The van der Waals surface area contributed by atoms with Gasteiger partial charge in [-0.15, -0.1) is 0 Å². The molecule has 30 heavy (non-hydrogen) atoms. The zero-order valence-electron chi connectivity index (χ0n) is 17.6. The third-order valence-corrected chi connectivity index (χ3v) is 6.50. The molecule has 0 aromatic heterocycles. The Morgan fingerprint density at radius 3 is 2.33 bits per heavy atom. The van der Waals surface area contributed by atoms with Crippen LogP contribution in [-0.4, -0.2) is 52.4 Å². The van der Waals surface area contributed by atoms with Crippen LogP contribution in [0, 0.1) is 0 Å². The van der Waals surface area contributed by atoms with E-state index in [1.54, 1.807) is 12.1 Å². The summed E-state index contributed by atoms with van der Waals surface area (Å²) in [5.41, 5.74) is 3.95. The maximum Gasteiger partial charge on any atom is 0.307 e. The van der Waals surface area contributed by atoms with Gasteiger partial charge in [0.05, 0.1) is 13.5 Å². The predicted molar refractivity (Wildman–Crippen MR) is 119 cm³/mol. The summed E-state index contributed by atoms with van der Waals surface area (Å²) >= 11 is -2.46. The Hall–Kier alpha value is -2.22. The van der Waals surface area contributed by atoms with Crippen LogP contribution in [0.15, 0.2) is 48.5 Å². The number of anilines is 1. The average molecular weight is 430 g/mol. The highest BCUT2D eigenvalue weighted by atomic mass is 32.2. The van der Waals surface area contributed by atoms with E-state index < -0.39 is 17.2 Å². The number of ether oxygens (including phenoxy) is 1. The second-order valence-corrected chi connectivity index (χ2v) is 8.54. The molecule has 0 amide bonds. The van der Waals surface area contributed by atoms with Crippen molar-refractivity contribution in [2.24, 2.45) is 0 Å². The van der Waals surface area contributed by atoms with Crippen LogP contribution >= 0.6 is 0 Å². The molecule has 162 valence electrons. The van der Waals surface area contributed by atoms with E-state index in [2.05, 4.69) is 40.8 Å². The summed E-state index contributed by atoms with van der Waals surface area (Å²) in [4.78, 5) is 13.9.